The van der Waals surface area contributed by atoms with E-state index in [2.05, 4.69) is 47.6 Å². The minimum Gasteiger partial charge on any atom is -0.360 e. The maximum atomic E-state index is 12.9. The summed E-state index contributed by atoms with van der Waals surface area (Å²) in [5, 5.41) is 5.29. The highest BCUT2D eigenvalue weighted by Crippen LogP contribution is 2.22. The number of carbonyl (C=O) groups excluding carboxylic acids is 2. The molecule has 6 nitrogen and oxygen atoms in total. The van der Waals surface area contributed by atoms with Gasteiger partial charge in [0, 0.05) is 11.4 Å². The van der Waals surface area contributed by atoms with Gasteiger partial charge in [-0.05, 0) is 55.3 Å². The van der Waals surface area contributed by atoms with E-state index >= 15 is 0 Å². The topological polar surface area (TPSA) is 65.9 Å². The van der Waals surface area contributed by atoms with Crippen LogP contribution < -0.4 is 20.4 Å². The van der Waals surface area contributed by atoms with Gasteiger partial charge in [-0.25, -0.2) is 4.39 Å². The molecular formula is C22H28FN4O2+. The molecule has 1 saturated heterocycles. The first kappa shape index (κ1) is 20.8. The van der Waals surface area contributed by atoms with Crippen LogP contribution in [0.2, 0.25) is 0 Å². The van der Waals surface area contributed by atoms with Crippen molar-refractivity contribution < 1.29 is 18.9 Å². The number of hydrogen-bond donors (Lipinski definition) is 3. The van der Waals surface area contributed by atoms with Crippen molar-refractivity contribution in [2.45, 2.75) is 13.8 Å². The van der Waals surface area contributed by atoms with E-state index in [1.165, 1.54) is 46.0 Å². The fraction of sp³-hybridized carbons (Fsp3) is 0.364. The number of quaternary nitrogens is 1. The summed E-state index contributed by atoms with van der Waals surface area (Å²) in [5.41, 5.74) is 4.36. The molecule has 3 rings (SSSR count). The Kier molecular flexibility index (Phi) is 6.82. The second-order valence-corrected chi connectivity index (χ2v) is 7.46. The van der Waals surface area contributed by atoms with Crippen LogP contribution in [0.4, 0.5) is 15.8 Å². The molecule has 1 aliphatic rings. The Morgan fingerprint density at radius 1 is 1.03 bits per heavy atom. The van der Waals surface area contributed by atoms with Crippen LogP contribution in [0.15, 0.2) is 42.5 Å². The van der Waals surface area contributed by atoms with E-state index in [1.807, 2.05) is 0 Å². The van der Waals surface area contributed by atoms with Gasteiger partial charge >= 0.3 is 0 Å². The zero-order valence-electron chi connectivity index (χ0n) is 16.9. The molecule has 2 aromatic rings. The Morgan fingerprint density at radius 2 is 1.72 bits per heavy atom. The van der Waals surface area contributed by atoms with Gasteiger partial charge in [-0.2, -0.15) is 0 Å². The quantitative estimate of drug-likeness (QED) is 0.676. The van der Waals surface area contributed by atoms with Crippen molar-refractivity contribution in [2.75, 3.05) is 49.5 Å². The molecule has 2 amide bonds. The molecule has 1 aliphatic heterocycles. The lowest BCUT2D eigenvalue weighted by Gasteiger charge is -2.34. The van der Waals surface area contributed by atoms with E-state index < -0.39 is 0 Å². The summed E-state index contributed by atoms with van der Waals surface area (Å²) in [5.74, 6) is -0.842. The molecular weight excluding hydrogens is 371 g/mol. The van der Waals surface area contributed by atoms with Crippen molar-refractivity contribution in [2.24, 2.45) is 0 Å². The van der Waals surface area contributed by atoms with Gasteiger partial charge in [-0.1, -0.05) is 12.1 Å². The number of nitrogens with zero attached hydrogens (tertiary/aromatic N) is 1. The van der Waals surface area contributed by atoms with Crippen LogP contribution in [0.3, 0.4) is 0 Å². The van der Waals surface area contributed by atoms with Crippen molar-refractivity contribution in [3.05, 3.63) is 59.4 Å². The predicted octanol–water partition coefficient (Wildman–Crippen LogP) is 0.902. The second-order valence-electron chi connectivity index (χ2n) is 7.46. The lowest BCUT2D eigenvalue weighted by atomic mass is 10.1. The standard InChI is InChI=1S/C22H27FN4O2/c1-16-4-3-5-20(17(16)2)27-12-10-26(11-13-27)15-22(29)24-14-21(28)25-19-8-6-18(23)7-9-19/h3-9H,10-15H2,1-2H3,(H,24,29)(H,25,28)/p+1. The molecule has 0 aliphatic carbocycles. The summed E-state index contributed by atoms with van der Waals surface area (Å²) < 4.78 is 12.9. The molecule has 1 heterocycles. The smallest absolute Gasteiger partial charge is 0.275 e. The number of halogens is 1. The molecule has 1 fully saturated rings. The second kappa shape index (κ2) is 9.52. The Balaban J connectivity index is 1.40. The summed E-state index contributed by atoms with van der Waals surface area (Å²) in [7, 11) is 0. The number of rotatable bonds is 6. The van der Waals surface area contributed by atoms with Crippen molar-refractivity contribution in [1.82, 2.24) is 5.32 Å². The van der Waals surface area contributed by atoms with Gasteiger partial charge in [0.25, 0.3) is 5.91 Å². The minimum atomic E-state index is -0.364. The Labute approximate surface area is 170 Å². The minimum absolute atomic E-state index is 0.0991. The molecule has 0 aromatic heterocycles. The van der Waals surface area contributed by atoms with Crippen LogP contribution in [0, 0.1) is 19.7 Å². The maximum absolute atomic E-state index is 12.9. The van der Waals surface area contributed by atoms with Gasteiger partial charge < -0.3 is 20.4 Å². The molecule has 29 heavy (non-hydrogen) atoms. The highest BCUT2D eigenvalue weighted by Gasteiger charge is 2.23. The lowest BCUT2D eigenvalue weighted by molar-refractivity contribution is -0.892. The van der Waals surface area contributed by atoms with Gasteiger partial charge in [-0.3, -0.25) is 9.59 Å². The third-order valence-electron chi connectivity index (χ3n) is 5.37. The largest absolute Gasteiger partial charge is 0.360 e. The number of aryl methyl sites for hydroxylation is 1. The maximum Gasteiger partial charge on any atom is 0.275 e. The first-order chi connectivity index (χ1) is 13.9. The summed E-state index contributed by atoms with van der Waals surface area (Å²) in [6.45, 7) is 8.08. The summed E-state index contributed by atoms with van der Waals surface area (Å²) >= 11 is 0. The van der Waals surface area contributed by atoms with Gasteiger partial charge in [-0.15, -0.1) is 0 Å². The third-order valence-corrected chi connectivity index (χ3v) is 5.37. The number of amides is 2. The van der Waals surface area contributed by atoms with E-state index in [0.29, 0.717) is 12.2 Å². The molecule has 0 unspecified atom stereocenters. The zero-order chi connectivity index (χ0) is 20.8. The zero-order valence-corrected chi connectivity index (χ0v) is 16.9. The number of benzene rings is 2. The Morgan fingerprint density at radius 3 is 2.41 bits per heavy atom. The SMILES string of the molecule is Cc1cccc(N2CC[NH+](CC(=O)NCC(=O)Nc3ccc(F)cc3)CC2)c1C. The van der Waals surface area contributed by atoms with Crippen LogP contribution in [-0.4, -0.2) is 51.1 Å². The number of hydrogen-bond acceptors (Lipinski definition) is 3. The number of anilines is 2. The number of nitrogens with one attached hydrogen (secondary N) is 3. The molecule has 0 radical (unpaired) electrons. The Hall–Kier alpha value is -2.93. The van der Waals surface area contributed by atoms with E-state index in [0.717, 1.165) is 26.2 Å². The highest BCUT2D eigenvalue weighted by molar-refractivity contribution is 5.94. The van der Waals surface area contributed by atoms with Gasteiger partial charge in [0.15, 0.2) is 6.54 Å². The summed E-state index contributed by atoms with van der Waals surface area (Å²) in [6, 6.07) is 11.9. The molecule has 0 atom stereocenters. The van der Waals surface area contributed by atoms with Crippen molar-refractivity contribution in [3.8, 4) is 0 Å². The molecule has 0 spiro atoms. The molecule has 2 aromatic carbocycles. The highest BCUT2D eigenvalue weighted by atomic mass is 19.1. The average molecular weight is 399 g/mol. The lowest BCUT2D eigenvalue weighted by Crippen LogP contribution is -3.16. The average Bonchev–Trinajstić information content (AvgIpc) is 2.71. The van der Waals surface area contributed by atoms with Gasteiger partial charge in [0.05, 0.1) is 32.7 Å². The van der Waals surface area contributed by atoms with E-state index in [-0.39, 0.29) is 24.2 Å². The monoisotopic (exact) mass is 399 g/mol. The number of piperazine rings is 1. The first-order valence-corrected chi connectivity index (χ1v) is 9.89. The van der Waals surface area contributed by atoms with Crippen LogP contribution >= 0.6 is 0 Å². The van der Waals surface area contributed by atoms with E-state index in [9.17, 15) is 14.0 Å². The van der Waals surface area contributed by atoms with Crippen LogP contribution in [0.25, 0.3) is 0 Å². The molecule has 7 heteroatoms. The predicted molar refractivity (Wildman–Crippen MR) is 112 cm³/mol. The normalized spacial score (nSPS) is 14.5. The molecule has 0 bridgehead atoms. The first-order valence-electron chi connectivity index (χ1n) is 9.89. The van der Waals surface area contributed by atoms with Gasteiger partial charge in [0.2, 0.25) is 5.91 Å². The van der Waals surface area contributed by atoms with Crippen molar-refractivity contribution in [3.63, 3.8) is 0 Å². The fourth-order valence-electron chi connectivity index (χ4n) is 3.53. The van der Waals surface area contributed by atoms with E-state index in [1.54, 1.807) is 0 Å². The Bertz CT molecular complexity index is 862. The molecule has 0 saturated carbocycles. The number of carbonyl (C=O) groups is 2. The van der Waals surface area contributed by atoms with Gasteiger partial charge in [0.1, 0.15) is 5.82 Å². The van der Waals surface area contributed by atoms with Crippen molar-refractivity contribution >= 4 is 23.2 Å². The molecule has 3 N–H and O–H groups in total. The van der Waals surface area contributed by atoms with Crippen molar-refractivity contribution in [1.29, 1.82) is 0 Å². The van der Waals surface area contributed by atoms with Crippen LogP contribution in [0.1, 0.15) is 11.1 Å². The third kappa shape index (κ3) is 5.77. The van der Waals surface area contributed by atoms with Crippen LogP contribution in [0.5, 0.6) is 0 Å². The van der Waals surface area contributed by atoms with Crippen LogP contribution in [-0.2, 0) is 9.59 Å². The fourth-order valence-corrected chi connectivity index (χ4v) is 3.53. The summed E-state index contributed by atoms with van der Waals surface area (Å²) in [6.07, 6.45) is 0. The van der Waals surface area contributed by atoms with E-state index in [4.69, 9.17) is 0 Å². The summed E-state index contributed by atoms with van der Waals surface area (Å²) in [4.78, 5) is 27.7. The molecule has 154 valence electrons.